The minimum Gasteiger partial charge on any atom is -0.467 e. The van der Waals surface area contributed by atoms with Crippen molar-refractivity contribution in [1.82, 2.24) is 15.1 Å². The molecule has 1 amide bonds. The van der Waals surface area contributed by atoms with Crippen LogP contribution in [0.25, 0.3) is 0 Å². The topological polar surface area (TPSA) is 95.1 Å². The van der Waals surface area contributed by atoms with E-state index in [1.54, 1.807) is 18.2 Å². The standard InChI is InChI=1S/C17H21N5O2S2/c1-22(17(12-18)7-3-2-4-8-17)14(23)11-25-16-21-20-15(26-16)19-10-13-6-5-9-24-13/h5-6,9H,2-4,7-8,10-11H2,1H3,(H,19,20). The number of anilines is 1. The number of thioether (sulfide) groups is 1. The van der Waals surface area contributed by atoms with Gasteiger partial charge in [0.25, 0.3) is 0 Å². The van der Waals surface area contributed by atoms with Gasteiger partial charge < -0.3 is 14.6 Å². The molecule has 9 heteroatoms. The molecule has 0 spiro atoms. The van der Waals surface area contributed by atoms with Crippen LogP contribution < -0.4 is 5.32 Å². The normalized spacial score (nSPS) is 16.0. The van der Waals surface area contributed by atoms with Crippen molar-refractivity contribution in [2.75, 3.05) is 18.1 Å². The highest BCUT2D eigenvalue weighted by molar-refractivity contribution is 8.01. The first-order valence-electron chi connectivity index (χ1n) is 8.53. The average Bonchev–Trinajstić information content (AvgIpc) is 3.36. The molecule has 1 aliphatic carbocycles. The largest absolute Gasteiger partial charge is 0.467 e. The van der Waals surface area contributed by atoms with Crippen molar-refractivity contribution in [3.8, 4) is 6.07 Å². The Balaban J connectivity index is 1.50. The highest BCUT2D eigenvalue weighted by Crippen LogP contribution is 2.33. The highest BCUT2D eigenvalue weighted by atomic mass is 32.2. The summed E-state index contributed by atoms with van der Waals surface area (Å²) in [6.07, 6.45) is 6.28. The summed E-state index contributed by atoms with van der Waals surface area (Å²) >= 11 is 2.76. The molecule has 3 rings (SSSR count). The molecule has 26 heavy (non-hydrogen) atoms. The lowest BCUT2D eigenvalue weighted by atomic mass is 9.81. The zero-order chi connectivity index (χ0) is 18.4. The first-order valence-corrected chi connectivity index (χ1v) is 10.3. The monoisotopic (exact) mass is 391 g/mol. The average molecular weight is 392 g/mol. The quantitative estimate of drug-likeness (QED) is 0.722. The van der Waals surface area contributed by atoms with E-state index in [4.69, 9.17) is 4.42 Å². The van der Waals surface area contributed by atoms with E-state index < -0.39 is 5.54 Å². The van der Waals surface area contributed by atoms with Gasteiger partial charge in [-0.2, -0.15) is 5.26 Å². The Bertz CT molecular complexity index is 762. The maximum atomic E-state index is 12.6. The van der Waals surface area contributed by atoms with Crippen LogP contribution >= 0.6 is 23.1 Å². The molecule has 2 heterocycles. The van der Waals surface area contributed by atoms with Gasteiger partial charge in [-0.3, -0.25) is 4.79 Å². The Labute approximate surface area is 160 Å². The number of nitrogens with one attached hydrogen (secondary N) is 1. The van der Waals surface area contributed by atoms with E-state index in [1.165, 1.54) is 23.1 Å². The summed E-state index contributed by atoms with van der Waals surface area (Å²) in [7, 11) is 1.74. The zero-order valence-corrected chi connectivity index (χ0v) is 16.2. The molecule has 0 radical (unpaired) electrons. The molecule has 7 nitrogen and oxygen atoms in total. The molecule has 1 N–H and O–H groups in total. The number of hydrogen-bond donors (Lipinski definition) is 1. The lowest BCUT2D eigenvalue weighted by Crippen LogP contribution is -2.50. The number of carbonyl (C=O) groups is 1. The van der Waals surface area contributed by atoms with Crippen molar-refractivity contribution >= 4 is 34.1 Å². The van der Waals surface area contributed by atoms with Crippen LogP contribution in [0.2, 0.25) is 0 Å². The smallest absolute Gasteiger partial charge is 0.234 e. The van der Waals surface area contributed by atoms with E-state index >= 15 is 0 Å². The number of nitrogens with zero attached hydrogens (tertiary/aromatic N) is 4. The van der Waals surface area contributed by atoms with Crippen LogP contribution in [0, 0.1) is 11.3 Å². The molecule has 0 unspecified atom stereocenters. The SMILES string of the molecule is CN(C(=O)CSc1nnc(NCc2ccco2)s1)C1(C#N)CCCCC1. The van der Waals surface area contributed by atoms with Crippen LogP contribution in [-0.2, 0) is 11.3 Å². The lowest BCUT2D eigenvalue weighted by Gasteiger charge is -2.38. The molecule has 0 saturated heterocycles. The Morgan fingerprint density at radius 1 is 1.46 bits per heavy atom. The second kappa shape index (κ2) is 8.56. The van der Waals surface area contributed by atoms with Gasteiger partial charge in [-0.15, -0.1) is 10.2 Å². The minimum absolute atomic E-state index is 0.0428. The van der Waals surface area contributed by atoms with Crippen LogP contribution in [0.15, 0.2) is 27.2 Å². The number of hydrogen-bond acceptors (Lipinski definition) is 8. The lowest BCUT2D eigenvalue weighted by molar-refractivity contribution is -0.131. The molecule has 0 atom stereocenters. The summed E-state index contributed by atoms with van der Waals surface area (Å²) in [6, 6.07) is 6.10. The Kier molecular flexibility index (Phi) is 6.16. The molecule has 0 bridgehead atoms. The summed E-state index contributed by atoms with van der Waals surface area (Å²) in [5.41, 5.74) is -0.646. The first kappa shape index (κ1) is 18.7. The second-order valence-electron chi connectivity index (χ2n) is 6.25. The van der Waals surface area contributed by atoms with Gasteiger partial charge in [0.1, 0.15) is 11.3 Å². The van der Waals surface area contributed by atoms with Crippen molar-refractivity contribution in [2.45, 2.75) is 48.5 Å². The number of amides is 1. The van der Waals surface area contributed by atoms with Crippen LogP contribution in [0.4, 0.5) is 5.13 Å². The molecule has 1 fully saturated rings. The highest BCUT2D eigenvalue weighted by Gasteiger charge is 2.38. The van der Waals surface area contributed by atoms with Gasteiger partial charge >= 0.3 is 0 Å². The van der Waals surface area contributed by atoms with Gasteiger partial charge in [0.15, 0.2) is 4.34 Å². The third-order valence-electron chi connectivity index (χ3n) is 4.62. The predicted molar refractivity (Wildman–Crippen MR) is 101 cm³/mol. The van der Waals surface area contributed by atoms with Crippen molar-refractivity contribution in [2.24, 2.45) is 0 Å². The van der Waals surface area contributed by atoms with Crippen LogP contribution in [0.3, 0.4) is 0 Å². The van der Waals surface area contributed by atoms with Crippen molar-refractivity contribution in [3.63, 3.8) is 0 Å². The number of nitriles is 1. The third-order valence-corrected chi connectivity index (χ3v) is 6.62. The fourth-order valence-corrected chi connectivity index (χ4v) is 4.69. The summed E-state index contributed by atoms with van der Waals surface area (Å²) in [5.74, 6) is 1.03. The van der Waals surface area contributed by atoms with E-state index in [1.807, 2.05) is 12.1 Å². The Morgan fingerprint density at radius 3 is 2.96 bits per heavy atom. The van der Waals surface area contributed by atoms with Crippen LogP contribution in [-0.4, -0.2) is 39.3 Å². The molecule has 0 aromatic carbocycles. The van der Waals surface area contributed by atoms with E-state index in [2.05, 4.69) is 21.6 Å². The fourth-order valence-electron chi connectivity index (χ4n) is 3.03. The maximum Gasteiger partial charge on any atom is 0.234 e. The fraction of sp³-hybridized carbons (Fsp3) is 0.529. The van der Waals surface area contributed by atoms with Gasteiger partial charge in [0, 0.05) is 7.05 Å². The Morgan fingerprint density at radius 2 is 2.27 bits per heavy atom. The molecule has 1 saturated carbocycles. The van der Waals surface area contributed by atoms with Crippen LogP contribution in [0.1, 0.15) is 37.9 Å². The maximum absolute atomic E-state index is 12.6. The van der Waals surface area contributed by atoms with Gasteiger partial charge in [-0.1, -0.05) is 42.4 Å². The number of rotatable bonds is 7. The Hall–Kier alpha value is -2.05. The minimum atomic E-state index is -0.646. The molecule has 2 aromatic rings. The number of furan rings is 1. The van der Waals surface area contributed by atoms with E-state index in [0.717, 1.165) is 42.2 Å². The predicted octanol–water partition coefficient (Wildman–Crippen LogP) is 3.52. The van der Waals surface area contributed by atoms with Gasteiger partial charge in [-0.05, 0) is 25.0 Å². The van der Waals surface area contributed by atoms with E-state index in [-0.39, 0.29) is 11.7 Å². The van der Waals surface area contributed by atoms with Gasteiger partial charge in [0.2, 0.25) is 11.0 Å². The van der Waals surface area contributed by atoms with E-state index in [0.29, 0.717) is 11.7 Å². The summed E-state index contributed by atoms with van der Waals surface area (Å²) < 4.78 is 5.98. The van der Waals surface area contributed by atoms with Crippen molar-refractivity contribution in [3.05, 3.63) is 24.2 Å². The number of aromatic nitrogens is 2. The molecule has 0 aliphatic heterocycles. The molecule has 2 aromatic heterocycles. The molecule has 1 aliphatic rings. The second-order valence-corrected chi connectivity index (χ2v) is 8.45. The third kappa shape index (κ3) is 4.37. The number of carbonyl (C=O) groups excluding carboxylic acids is 1. The summed E-state index contributed by atoms with van der Waals surface area (Å²) in [5, 5.41) is 21.6. The van der Waals surface area contributed by atoms with Gasteiger partial charge in [-0.25, -0.2) is 0 Å². The summed E-state index contributed by atoms with van der Waals surface area (Å²) in [4.78, 5) is 14.2. The van der Waals surface area contributed by atoms with Gasteiger partial charge in [0.05, 0.1) is 24.6 Å². The summed E-state index contributed by atoms with van der Waals surface area (Å²) in [6.45, 7) is 0.540. The van der Waals surface area contributed by atoms with Crippen molar-refractivity contribution < 1.29 is 9.21 Å². The van der Waals surface area contributed by atoms with Crippen molar-refractivity contribution in [1.29, 1.82) is 5.26 Å². The van der Waals surface area contributed by atoms with Crippen LogP contribution in [0.5, 0.6) is 0 Å². The van der Waals surface area contributed by atoms with E-state index in [9.17, 15) is 10.1 Å². The molecule has 138 valence electrons. The molecular formula is C17H21N5O2S2. The zero-order valence-electron chi connectivity index (χ0n) is 14.6. The first-order chi connectivity index (χ1) is 12.6. The molecular weight excluding hydrogens is 370 g/mol.